The number of allylic oxidation sites excluding steroid dienone is 1. The van der Waals surface area contributed by atoms with E-state index in [-0.39, 0.29) is 6.04 Å². The maximum Gasteiger partial charge on any atom is 0.175 e. The minimum absolute atomic E-state index is 0.151. The summed E-state index contributed by atoms with van der Waals surface area (Å²) in [5.74, 6) is -0.977. The summed E-state index contributed by atoms with van der Waals surface area (Å²) < 4.78 is 30.4. The topological polar surface area (TPSA) is 105 Å². The summed E-state index contributed by atoms with van der Waals surface area (Å²) in [5.41, 5.74) is 5.03. The Balaban J connectivity index is 2.78. The van der Waals surface area contributed by atoms with Crippen LogP contribution in [-0.4, -0.2) is 16.5 Å². The van der Waals surface area contributed by atoms with Gasteiger partial charge in [-0.3, -0.25) is 4.99 Å². The third kappa shape index (κ3) is 3.11. The van der Waals surface area contributed by atoms with E-state index in [0.29, 0.717) is 0 Å². The Kier molecular flexibility index (Phi) is 2.67. The van der Waals surface area contributed by atoms with Crippen LogP contribution in [0.3, 0.4) is 0 Å². The number of halogens is 1. The summed E-state index contributed by atoms with van der Waals surface area (Å²) in [5, 5.41) is 4.06. The molecule has 5 nitrogen and oxygen atoms in total. The van der Waals surface area contributed by atoms with Gasteiger partial charge in [-0.15, -0.1) is 0 Å². The second-order valence-corrected chi connectivity index (χ2v) is 4.46. The van der Waals surface area contributed by atoms with Crippen LogP contribution in [0.15, 0.2) is 15.8 Å². The first kappa shape index (κ1) is 10.1. The van der Waals surface area contributed by atoms with Crippen molar-refractivity contribution in [2.45, 2.75) is 18.9 Å². The minimum Gasteiger partial charge on any atom is -0.387 e. The number of hydrogen-bond donors (Lipinski definition) is 3. The molecule has 1 saturated carbocycles. The lowest BCUT2D eigenvalue weighted by atomic mass is 10.6. The van der Waals surface area contributed by atoms with Crippen LogP contribution in [0, 0.1) is 4.78 Å². The quantitative estimate of drug-likeness (QED) is 0.575. The van der Waals surface area contributed by atoms with Crippen LogP contribution in [0.1, 0.15) is 12.8 Å². The van der Waals surface area contributed by atoms with Gasteiger partial charge in [-0.2, -0.15) is 0 Å². The number of nitrogens with zero attached hydrogens (tertiary/aromatic N) is 1. The Hall–Kier alpha value is -0.950. The average molecular weight is 206 g/mol. The van der Waals surface area contributed by atoms with E-state index in [1.54, 1.807) is 0 Å². The molecule has 0 spiro atoms. The maximum atomic E-state index is 12.9. The van der Waals surface area contributed by atoms with Gasteiger partial charge >= 0.3 is 0 Å². The molecule has 1 fully saturated rings. The molecule has 0 aromatic carbocycles. The fourth-order valence-electron chi connectivity index (χ4n) is 0.603. The molecule has 13 heavy (non-hydrogen) atoms. The molecule has 0 saturated heterocycles. The summed E-state index contributed by atoms with van der Waals surface area (Å²) in [6.45, 7) is 0. The first-order valence-electron chi connectivity index (χ1n) is 3.66. The van der Waals surface area contributed by atoms with E-state index in [2.05, 4.69) is 4.99 Å². The number of nitrogens with two attached hydrogens (primary N) is 2. The summed E-state index contributed by atoms with van der Waals surface area (Å²) in [4.78, 5) is 3.77. The van der Waals surface area contributed by atoms with Gasteiger partial charge in [0.15, 0.2) is 10.9 Å². The van der Waals surface area contributed by atoms with Crippen LogP contribution in [0.4, 0.5) is 4.39 Å². The Bertz CT molecular complexity index is 355. The summed E-state index contributed by atoms with van der Waals surface area (Å²) in [6, 6.07) is 0.151. The molecule has 1 aliphatic carbocycles. The molecule has 1 unspecified atom stereocenters. The van der Waals surface area contributed by atoms with Gasteiger partial charge in [-0.05, 0) is 12.8 Å². The van der Waals surface area contributed by atoms with Crippen LogP contribution in [0.2, 0.25) is 0 Å². The predicted molar refractivity (Wildman–Crippen MR) is 48.9 cm³/mol. The van der Waals surface area contributed by atoms with E-state index in [1.165, 1.54) is 0 Å². The van der Waals surface area contributed by atoms with Crippen molar-refractivity contribution in [1.82, 2.24) is 0 Å². The largest absolute Gasteiger partial charge is 0.387 e. The van der Waals surface area contributed by atoms with Crippen molar-refractivity contribution in [2.75, 3.05) is 0 Å². The first-order chi connectivity index (χ1) is 5.91. The fraction of sp³-hybridized carbons (Fsp3) is 0.500. The molecule has 74 valence electrons. The third-order valence-corrected chi connectivity index (χ3v) is 2.36. The van der Waals surface area contributed by atoms with Crippen molar-refractivity contribution in [3.05, 3.63) is 10.9 Å². The molecule has 0 aromatic heterocycles. The molecular weight excluding hydrogens is 195 g/mol. The summed E-state index contributed by atoms with van der Waals surface area (Å²) in [7, 11) is -3.64. The van der Waals surface area contributed by atoms with Gasteiger partial charge in [0.2, 0.25) is 0 Å². The van der Waals surface area contributed by atoms with Crippen molar-refractivity contribution in [1.29, 1.82) is 4.78 Å². The maximum absolute atomic E-state index is 12.9. The van der Waals surface area contributed by atoms with Crippen molar-refractivity contribution >= 4 is 16.1 Å². The molecule has 1 rings (SSSR count). The molecule has 0 radical (unpaired) electrons. The molecular formula is C6H11FN4OS. The highest BCUT2D eigenvalue weighted by Crippen LogP contribution is 2.23. The normalized spacial score (nSPS) is 24.2. The molecule has 0 heterocycles. The van der Waals surface area contributed by atoms with Gasteiger partial charge in [0.25, 0.3) is 0 Å². The number of rotatable bonds is 3. The lowest BCUT2D eigenvalue weighted by molar-refractivity contribution is 0.663. The van der Waals surface area contributed by atoms with Crippen molar-refractivity contribution in [3.63, 3.8) is 0 Å². The van der Waals surface area contributed by atoms with Gasteiger partial charge in [-0.25, -0.2) is 18.5 Å². The molecule has 7 heteroatoms. The highest BCUT2D eigenvalue weighted by molar-refractivity contribution is 7.94. The lowest BCUT2D eigenvalue weighted by Crippen LogP contribution is -2.20. The van der Waals surface area contributed by atoms with E-state index >= 15 is 0 Å². The number of nitrogens with one attached hydrogen (secondary N) is 1. The van der Waals surface area contributed by atoms with Gasteiger partial charge < -0.3 is 5.73 Å². The van der Waals surface area contributed by atoms with Crippen LogP contribution >= 0.6 is 0 Å². The number of hydrogen-bond acceptors (Lipinski definition) is 4. The highest BCUT2D eigenvalue weighted by atomic mass is 32.2. The van der Waals surface area contributed by atoms with Crippen molar-refractivity contribution in [2.24, 2.45) is 15.9 Å². The van der Waals surface area contributed by atoms with E-state index in [9.17, 15) is 8.60 Å². The first-order valence-corrected chi connectivity index (χ1v) is 5.28. The van der Waals surface area contributed by atoms with E-state index in [0.717, 1.165) is 19.1 Å². The van der Waals surface area contributed by atoms with Gasteiger partial charge in [0, 0.05) is 0 Å². The molecule has 0 bridgehead atoms. The van der Waals surface area contributed by atoms with Gasteiger partial charge in [0.05, 0.1) is 12.3 Å². The zero-order chi connectivity index (χ0) is 10.1. The van der Waals surface area contributed by atoms with Crippen LogP contribution < -0.4 is 10.9 Å². The second kappa shape index (κ2) is 3.43. The van der Waals surface area contributed by atoms with Gasteiger partial charge in [0.1, 0.15) is 9.92 Å². The molecule has 5 N–H and O–H groups in total. The highest BCUT2D eigenvalue weighted by Gasteiger charge is 2.19. The van der Waals surface area contributed by atoms with Crippen molar-refractivity contribution in [3.8, 4) is 0 Å². The van der Waals surface area contributed by atoms with E-state index in [4.69, 9.17) is 15.7 Å². The molecule has 0 aliphatic heterocycles. The third-order valence-electron chi connectivity index (χ3n) is 1.51. The van der Waals surface area contributed by atoms with Gasteiger partial charge in [-0.1, -0.05) is 0 Å². The molecule has 1 atom stereocenters. The second-order valence-electron chi connectivity index (χ2n) is 2.82. The average Bonchev–Trinajstić information content (AvgIpc) is 2.80. The predicted octanol–water partition coefficient (Wildman–Crippen LogP) is 0.237. The standard InChI is InChI=1S/C6H11FN4OS/c7-5(3-11-4-1-2-4)6(8)13(9,10)12/h3-4H,1-2,8H2,(H3,9,10,12). The minimum atomic E-state index is -3.64. The van der Waals surface area contributed by atoms with Crippen LogP contribution in [0.25, 0.3) is 0 Å². The zero-order valence-electron chi connectivity index (χ0n) is 6.87. The fourth-order valence-corrected chi connectivity index (χ4v) is 0.945. The Morgan fingerprint density at radius 3 is 2.62 bits per heavy atom. The SMILES string of the molecule is N=S(N)(=O)C(N)=C(F)C=NC1CC1. The van der Waals surface area contributed by atoms with E-state index in [1.807, 2.05) is 0 Å². The summed E-state index contributed by atoms with van der Waals surface area (Å²) >= 11 is 0. The van der Waals surface area contributed by atoms with Crippen molar-refractivity contribution < 1.29 is 8.60 Å². The van der Waals surface area contributed by atoms with E-state index < -0.39 is 20.8 Å². The molecule has 0 amide bonds. The smallest absolute Gasteiger partial charge is 0.175 e. The van der Waals surface area contributed by atoms with Crippen LogP contribution in [0.5, 0.6) is 0 Å². The lowest BCUT2D eigenvalue weighted by Gasteiger charge is -1.99. The van der Waals surface area contributed by atoms with Crippen LogP contribution in [-0.2, 0) is 9.92 Å². The molecule has 0 aromatic rings. The monoisotopic (exact) mass is 206 g/mol. The Labute approximate surface area is 75.8 Å². The number of aliphatic imine (C=N–C) groups is 1. The zero-order valence-corrected chi connectivity index (χ0v) is 7.68. The Morgan fingerprint density at radius 2 is 2.23 bits per heavy atom. The summed E-state index contributed by atoms with van der Waals surface area (Å²) in [6.07, 6.45) is 2.75. The Morgan fingerprint density at radius 1 is 1.69 bits per heavy atom. The molecule has 1 aliphatic rings.